The highest BCUT2D eigenvalue weighted by Crippen LogP contribution is 2.57. The Morgan fingerprint density at radius 1 is 0.361 bits per heavy atom. The first-order valence-corrected chi connectivity index (χ1v) is 21.2. The summed E-state index contributed by atoms with van der Waals surface area (Å²) in [6.07, 6.45) is 0. The molecule has 290 valence electrons. The molecule has 1 heterocycles. The van der Waals surface area contributed by atoms with Gasteiger partial charge in [0.2, 0.25) is 0 Å². The Morgan fingerprint density at radius 3 is 1.72 bits per heavy atom. The Morgan fingerprint density at radius 2 is 0.918 bits per heavy atom. The van der Waals surface area contributed by atoms with Gasteiger partial charge in [0.15, 0.2) is 0 Å². The molecule has 10 aromatic carbocycles. The summed E-state index contributed by atoms with van der Waals surface area (Å²) in [4.78, 5) is 5.03. The van der Waals surface area contributed by atoms with Crippen LogP contribution in [0.15, 0.2) is 231 Å². The molecule has 0 radical (unpaired) electrons. The zero-order valence-electron chi connectivity index (χ0n) is 34.3. The van der Waals surface area contributed by atoms with Crippen LogP contribution in [0.4, 0.5) is 34.1 Å². The molecule has 0 amide bonds. The van der Waals surface area contributed by atoms with Crippen molar-refractivity contribution in [1.29, 1.82) is 0 Å². The third-order valence-electron chi connectivity index (χ3n) is 12.6. The van der Waals surface area contributed by atoms with E-state index in [4.69, 9.17) is 0 Å². The second kappa shape index (κ2) is 14.9. The van der Waals surface area contributed by atoms with Gasteiger partial charge in [-0.15, -0.1) is 0 Å². The van der Waals surface area contributed by atoms with E-state index in [1.807, 2.05) is 0 Å². The monoisotopic (exact) mass is 780 g/mol. The van der Waals surface area contributed by atoms with E-state index in [1.165, 1.54) is 71.9 Å². The molecule has 0 spiro atoms. The molecule has 0 atom stereocenters. The normalized spacial score (nSPS) is 12.9. The van der Waals surface area contributed by atoms with Gasteiger partial charge in [-0.2, -0.15) is 0 Å². The van der Waals surface area contributed by atoms with Crippen molar-refractivity contribution in [1.82, 2.24) is 0 Å². The van der Waals surface area contributed by atoms with Gasteiger partial charge in [0, 0.05) is 22.1 Å². The predicted octanol–water partition coefficient (Wildman–Crippen LogP) is 16.6. The molecule has 1 aliphatic rings. The van der Waals surface area contributed by atoms with Crippen LogP contribution in [0.5, 0.6) is 0 Å². The molecular weight excluding hydrogens is 737 g/mol. The Bertz CT molecular complexity index is 3220. The predicted molar refractivity (Wildman–Crippen MR) is 259 cm³/mol. The van der Waals surface area contributed by atoms with Crippen LogP contribution < -0.4 is 9.80 Å². The van der Waals surface area contributed by atoms with Crippen molar-refractivity contribution < 1.29 is 0 Å². The topological polar surface area (TPSA) is 6.48 Å². The van der Waals surface area contributed by atoms with Gasteiger partial charge in [-0.1, -0.05) is 196 Å². The smallest absolute Gasteiger partial charge is 0.0781 e. The summed E-state index contributed by atoms with van der Waals surface area (Å²) in [6, 6.07) is 84.3. The number of anilines is 6. The SMILES string of the molecule is CC1(C)c2ccccc2N(c2c(N(c3ccc(-c4ccccc4)cc3)c3ccccc3-c3ccccc3)ccc3ccccc23)c2ccc(-c3ccc4ccccc4c3)cc21. The summed E-state index contributed by atoms with van der Waals surface area (Å²) < 4.78 is 0. The molecule has 0 N–H and O–H groups in total. The number of rotatable bonds is 7. The summed E-state index contributed by atoms with van der Waals surface area (Å²) in [6.45, 7) is 4.76. The van der Waals surface area contributed by atoms with Crippen molar-refractivity contribution in [3.8, 4) is 33.4 Å². The Balaban J connectivity index is 1.18. The van der Waals surface area contributed by atoms with Crippen molar-refractivity contribution in [3.05, 3.63) is 242 Å². The number of hydrogen-bond donors (Lipinski definition) is 0. The van der Waals surface area contributed by atoms with E-state index in [2.05, 4.69) is 254 Å². The van der Waals surface area contributed by atoms with Gasteiger partial charge in [-0.3, -0.25) is 0 Å². The summed E-state index contributed by atoms with van der Waals surface area (Å²) in [5.41, 5.74) is 16.2. The Hall–Kier alpha value is -7.68. The fourth-order valence-electron chi connectivity index (χ4n) is 9.52. The number of fused-ring (bicyclic) bond motifs is 4. The molecule has 0 unspecified atom stereocenters. The van der Waals surface area contributed by atoms with Crippen LogP contribution >= 0.6 is 0 Å². The molecule has 61 heavy (non-hydrogen) atoms. The van der Waals surface area contributed by atoms with E-state index < -0.39 is 0 Å². The zero-order valence-corrected chi connectivity index (χ0v) is 34.3. The lowest BCUT2D eigenvalue weighted by atomic mass is 9.72. The van der Waals surface area contributed by atoms with E-state index in [-0.39, 0.29) is 5.41 Å². The third kappa shape index (κ3) is 6.27. The van der Waals surface area contributed by atoms with Crippen LogP contribution in [0.3, 0.4) is 0 Å². The first-order valence-electron chi connectivity index (χ1n) is 21.2. The maximum atomic E-state index is 2.55. The maximum Gasteiger partial charge on any atom is 0.0781 e. The van der Waals surface area contributed by atoms with Gasteiger partial charge < -0.3 is 9.80 Å². The molecule has 0 bridgehead atoms. The van der Waals surface area contributed by atoms with Crippen LogP contribution in [-0.4, -0.2) is 0 Å². The summed E-state index contributed by atoms with van der Waals surface area (Å²) in [7, 11) is 0. The first-order chi connectivity index (χ1) is 30.0. The second-order valence-electron chi connectivity index (χ2n) is 16.6. The van der Waals surface area contributed by atoms with Crippen LogP contribution in [0, 0.1) is 0 Å². The Kier molecular flexibility index (Phi) is 8.86. The molecule has 2 nitrogen and oxygen atoms in total. The van der Waals surface area contributed by atoms with E-state index in [9.17, 15) is 0 Å². The van der Waals surface area contributed by atoms with Crippen molar-refractivity contribution in [3.63, 3.8) is 0 Å². The standard InChI is InChI=1S/C59H44N2/c1-59(2)52-26-14-16-28-55(52)61(56-37-34-48(40-53(56)59)47-30-29-42-19-9-10-23-46(42)39-47)58-51-25-12-11-22-45(51)33-38-57(58)60(49-35-31-43(32-36-49)41-17-5-3-6-18-41)54-27-15-13-24-50(54)44-20-7-4-8-21-44/h3-40H,1-2H3. The lowest BCUT2D eigenvalue weighted by Gasteiger charge is -2.44. The fourth-order valence-corrected chi connectivity index (χ4v) is 9.52. The molecule has 0 fully saturated rings. The molecule has 0 aliphatic carbocycles. The molecule has 1 aliphatic heterocycles. The molecule has 0 saturated carbocycles. The number of hydrogen-bond acceptors (Lipinski definition) is 2. The first kappa shape index (κ1) is 36.4. The van der Waals surface area contributed by atoms with Crippen molar-refractivity contribution in [2.75, 3.05) is 9.80 Å². The molecule has 10 aromatic rings. The zero-order chi connectivity index (χ0) is 40.9. The van der Waals surface area contributed by atoms with E-state index in [0.29, 0.717) is 0 Å². The average molecular weight is 781 g/mol. The minimum atomic E-state index is -0.271. The third-order valence-corrected chi connectivity index (χ3v) is 12.6. The van der Waals surface area contributed by atoms with E-state index in [0.717, 1.165) is 28.3 Å². The lowest BCUT2D eigenvalue weighted by molar-refractivity contribution is 0.632. The quantitative estimate of drug-likeness (QED) is 0.159. The number of para-hydroxylation sites is 2. The van der Waals surface area contributed by atoms with Gasteiger partial charge in [0.05, 0.1) is 28.4 Å². The highest BCUT2D eigenvalue weighted by molar-refractivity contribution is 6.09. The van der Waals surface area contributed by atoms with Crippen molar-refractivity contribution in [2.24, 2.45) is 0 Å². The summed E-state index contributed by atoms with van der Waals surface area (Å²) in [5, 5.41) is 4.87. The van der Waals surface area contributed by atoms with Gasteiger partial charge in [0.1, 0.15) is 0 Å². The fraction of sp³-hybridized carbons (Fsp3) is 0.0508. The van der Waals surface area contributed by atoms with Crippen molar-refractivity contribution >= 4 is 55.7 Å². The van der Waals surface area contributed by atoms with Gasteiger partial charge in [-0.05, 0) is 104 Å². The molecule has 2 heteroatoms. The molecule has 0 aromatic heterocycles. The highest BCUT2D eigenvalue weighted by atomic mass is 15.2. The van der Waals surface area contributed by atoms with Crippen LogP contribution in [0.2, 0.25) is 0 Å². The summed E-state index contributed by atoms with van der Waals surface area (Å²) >= 11 is 0. The van der Waals surface area contributed by atoms with Crippen molar-refractivity contribution in [2.45, 2.75) is 19.3 Å². The van der Waals surface area contributed by atoms with E-state index in [1.54, 1.807) is 0 Å². The minimum absolute atomic E-state index is 0.271. The average Bonchev–Trinajstić information content (AvgIpc) is 3.33. The number of benzene rings is 10. The second-order valence-corrected chi connectivity index (χ2v) is 16.6. The minimum Gasteiger partial charge on any atom is -0.308 e. The van der Waals surface area contributed by atoms with Gasteiger partial charge in [0.25, 0.3) is 0 Å². The highest BCUT2D eigenvalue weighted by Gasteiger charge is 2.39. The summed E-state index contributed by atoms with van der Waals surface area (Å²) in [5.74, 6) is 0. The molecule has 11 rings (SSSR count). The van der Waals surface area contributed by atoms with Gasteiger partial charge >= 0.3 is 0 Å². The lowest BCUT2D eigenvalue weighted by Crippen LogP contribution is -2.31. The van der Waals surface area contributed by atoms with Crippen LogP contribution in [0.1, 0.15) is 25.0 Å². The van der Waals surface area contributed by atoms with Gasteiger partial charge in [-0.25, -0.2) is 0 Å². The van der Waals surface area contributed by atoms with Crippen LogP contribution in [0.25, 0.3) is 54.9 Å². The molecular formula is C59H44N2. The molecule has 0 saturated heterocycles. The number of nitrogens with zero attached hydrogens (tertiary/aromatic N) is 2. The Labute approximate surface area is 358 Å². The largest absolute Gasteiger partial charge is 0.308 e. The van der Waals surface area contributed by atoms with Crippen LogP contribution in [-0.2, 0) is 5.41 Å². The van der Waals surface area contributed by atoms with E-state index >= 15 is 0 Å². The maximum absolute atomic E-state index is 2.55.